The van der Waals surface area contributed by atoms with E-state index >= 15 is 0 Å². The van der Waals surface area contributed by atoms with E-state index in [2.05, 4.69) is 4.98 Å². The highest BCUT2D eigenvalue weighted by molar-refractivity contribution is 5.93. The number of hydrogen-bond acceptors (Lipinski definition) is 7. The van der Waals surface area contributed by atoms with Gasteiger partial charge in [-0.2, -0.15) is 0 Å². The van der Waals surface area contributed by atoms with E-state index in [1.54, 1.807) is 6.92 Å². The molecule has 0 N–H and O–H groups in total. The summed E-state index contributed by atoms with van der Waals surface area (Å²) in [6, 6.07) is 5.40. The molecule has 0 saturated carbocycles. The maximum absolute atomic E-state index is 11.9. The third kappa shape index (κ3) is 3.48. The quantitative estimate of drug-likeness (QED) is 0.451. The van der Waals surface area contributed by atoms with E-state index in [1.807, 2.05) is 0 Å². The third-order valence-corrected chi connectivity index (χ3v) is 3.09. The fourth-order valence-electron chi connectivity index (χ4n) is 1.99. The van der Waals surface area contributed by atoms with Crippen LogP contribution >= 0.6 is 0 Å². The first-order valence-electron chi connectivity index (χ1n) is 6.49. The number of hydrogen-bond donors (Lipinski definition) is 0. The van der Waals surface area contributed by atoms with Crippen LogP contribution < -0.4 is 0 Å². The first-order chi connectivity index (χ1) is 10.9. The topological polar surface area (TPSA) is 130 Å². The van der Waals surface area contributed by atoms with E-state index in [0.717, 1.165) is 6.20 Å². The molecule has 0 atom stereocenters. The molecule has 0 aliphatic heterocycles. The summed E-state index contributed by atoms with van der Waals surface area (Å²) < 4.78 is 6.25. The molecule has 10 heteroatoms. The Hall–Kier alpha value is -3.30. The van der Waals surface area contributed by atoms with E-state index < -0.39 is 15.8 Å². The fourth-order valence-corrected chi connectivity index (χ4v) is 1.99. The van der Waals surface area contributed by atoms with Crippen molar-refractivity contribution >= 4 is 17.5 Å². The van der Waals surface area contributed by atoms with Crippen molar-refractivity contribution in [2.24, 2.45) is 0 Å². The molecule has 23 heavy (non-hydrogen) atoms. The van der Waals surface area contributed by atoms with E-state index in [0.29, 0.717) is 5.82 Å². The number of carbonyl (C=O) groups excluding carboxylic acids is 1. The molecule has 0 aliphatic carbocycles. The van der Waals surface area contributed by atoms with E-state index in [9.17, 15) is 25.0 Å². The Morgan fingerprint density at radius 2 is 1.96 bits per heavy atom. The van der Waals surface area contributed by atoms with Gasteiger partial charge in [0.05, 0.1) is 4.92 Å². The Morgan fingerprint density at radius 1 is 1.26 bits per heavy atom. The molecule has 0 saturated heterocycles. The molecule has 1 heterocycles. The van der Waals surface area contributed by atoms with Gasteiger partial charge in [0.25, 0.3) is 5.69 Å². The van der Waals surface area contributed by atoms with Gasteiger partial charge in [-0.3, -0.25) is 10.1 Å². The SMILES string of the molecule is Cc1ncc([N+](=O)[O-])n1CCOC(=O)c1ccccc1[N+](=O)[O-]. The van der Waals surface area contributed by atoms with Crippen LogP contribution in [0.4, 0.5) is 11.5 Å². The van der Waals surface area contributed by atoms with Crippen LogP contribution in [0.5, 0.6) is 0 Å². The van der Waals surface area contributed by atoms with Gasteiger partial charge in [0, 0.05) is 13.0 Å². The molecule has 2 rings (SSSR count). The van der Waals surface area contributed by atoms with Crippen molar-refractivity contribution in [1.29, 1.82) is 0 Å². The molecule has 1 aromatic carbocycles. The Bertz CT molecular complexity index is 770. The van der Waals surface area contributed by atoms with E-state index in [1.165, 1.54) is 28.8 Å². The van der Waals surface area contributed by atoms with Crippen LogP contribution in [0.25, 0.3) is 0 Å². The molecule has 0 bridgehead atoms. The molecule has 10 nitrogen and oxygen atoms in total. The number of carbonyl (C=O) groups is 1. The molecule has 120 valence electrons. The minimum Gasteiger partial charge on any atom is -0.458 e. The zero-order valence-corrected chi connectivity index (χ0v) is 12.0. The standard InChI is InChI=1S/C13H12N4O6/c1-9-14-8-12(17(21)22)15(9)6-7-23-13(18)10-4-2-3-5-11(10)16(19)20/h2-5,8H,6-7H2,1H3. The number of esters is 1. The fraction of sp³-hybridized carbons (Fsp3) is 0.231. The number of benzene rings is 1. The van der Waals surface area contributed by atoms with E-state index in [-0.39, 0.29) is 30.2 Å². The zero-order valence-electron chi connectivity index (χ0n) is 12.0. The smallest absolute Gasteiger partial charge is 0.345 e. The monoisotopic (exact) mass is 320 g/mol. The Balaban J connectivity index is 2.05. The van der Waals surface area contributed by atoms with Crippen molar-refractivity contribution in [3.8, 4) is 0 Å². The van der Waals surface area contributed by atoms with Crippen molar-refractivity contribution in [2.75, 3.05) is 6.61 Å². The van der Waals surface area contributed by atoms with Crippen molar-refractivity contribution in [3.63, 3.8) is 0 Å². The first-order valence-corrected chi connectivity index (χ1v) is 6.49. The Morgan fingerprint density at radius 3 is 2.61 bits per heavy atom. The largest absolute Gasteiger partial charge is 0.458 e. The van der Waals surface area contributed by atoms with Gasteiger partial charge in [-0.15, -0.1) is 0 Å². The van der Waals surface area contributed by atoms with Crippen molar-refractivity contribution in [3.05, 3.63) is 62.1 Å². The molecule has 0 unspecified atom stereocenters. The summed E-state index contributed by atoms with van der Waals surface area (Å²) in [6.45, 7) is 1.42. The molecule has 0 radical (unpaired) electrons. The van der Waals surface area contributed by atoms with Crippen LogP contribution in [0.15, 0.2) is 30.5 Å². The molecule has 0 amide bonds. The maximum atomic E-state index is 11.9. The van der Waals surface area contributed by atoms with Gasteiger partial charge in [0.15, 0.2) is 5.82 Å². The van der Waals surface area contributed by atoms with Gasteiger partial charge in [0.1, 0.15) is 24.9 Å². The van der Waals surface area contributed by atoms with E-state index in [4.69, 9.17) is 4.74 Å². The lowest BCUT2D eigenvalue weighted by Crippen LogP contribution is -2.14. The summed E-state index contributed by atoms with van der Waals surface area (Å²) in [5.41, 5.74) is -0.531. The van der Waals surface area contributed by atoms with Crippen LogP contribution in [0.3, 0.4) is 0 Å². The highest BCUT2D eigenvalue weighted by atomic mass is 16.6. The number of para-hydroxylation sites is 1. The molecular formula is C13H12N4O6. The Labute approximate surface area is 129 Å². The van der Waals surface area contributed by atoms with Gasteiger partial charge in [0.2, 0.25) is 0 Å². The number of ether oxygens (including phenoxy) is 1. The number of rotatable bonds is 6. The van der Waals surface area contributed by atoms with Crippen LogP contribution in [0.2, 0.25) is 0 Å². The first kappa shape index (κ1) is 16.1. The number of nitro benzene ring substituents is 1. The summed E-state index contributed by atoms with van der Waals surface area (Å²) in [5, 5.41) is 21.7. The molecule has 2 aromatic rings. The lowest BCUT2D eigenvalue weighted by molar-refractivity contribution is -0.392. The van der Waals surface area contributed by atoms with Crippen molar-refractivity contribution < 1.29 is 19.4 Å². The summed E-state index contributed by atoms with van der Waals surface area (Å²) >= 11 is 0. The van der Waals surface area contributed by atoms with Crippen LogP contribution in [-0.2, 0) is 11.3 Å². The normalized spacial score (nSPS) is 10.3. The van der Waals surface area contributed by atoms with Gasteiger partial charge in [-0.25, -0.2) is 14.3 Å². The number of aryl methyl sites for hydroxylation is 1. The second-order valence-corrected chi connectivity index (χ2v) is 4.48. The molecule has 1 aromatic heterocycles. The van der Waals surface area contributed by atoms with Crippen LogP contribution in [0.1, 0.15) is 16.2 Å². The van der Waals surface area contributed by atoms with Crippen molar-refractivity contribution in [2.45, 2.75) is 13.5 Å². The molecular weight excluding hydrogens is 308 g/mol. The highest BCUT2D eigenvalue weighted by Gasteiger charge is 2.22. The number of imidazole rings is 1. The summed E-state index contributed by atoms with van der Waals surface area (Å²) in [7, 11) is 0. The van der Waals surface area contributed by atoms with Gasteiger partial charge < -0.3 is 14.9 Å². The predicted molar refractivity (Wildman–Crippen MR) is 77.0 cm³/mol. The number of aromatic nitrogens is 2. The second kappa shape index (κ2) is 6.64. The van der Waals surface area contributed by atoms with Crippen LogP contribution in [0, 0.1) is 27.2 Å². The average Bonchev–Trinajstić information content (AvgIpc) is 2.88. The lowest BCUT2D eigenvalue weighted by atomic mass is 10.2. The Kier molecular flexibility index (Phi) is 4.64. The minimum absolute atomic E-state index is 0.0223. The summed E-state index contributed by atoms with van der Waals surface area (Å²) in [5.74, 6) is -0.680. The average molecular weight is 320 g/mol. The van der Waals surface area contributed by atoms with Gasteiger partial charge >= 0.3 is 11.8 Å². The highest BCUT2D eigenvalue weighted by Crippen LogP contribution is 2.19. The number of nitrogens with zero attached hydrogens (tertiary/aromatic N) is 4. The maximum Gasteiger partial charge on any atom is 0.345 e. The zero-order chi connectivity index (χ0) is 17.0. The second-order valence-electron chi connectivity index (χ2n) is 4.48. The number of nitro groups is 2. The third-order valence-electron chi connectivity index (χ3n) is 3.09. The summed E-state index contributed by atoms with van der Waals surface area (Å²) in [6.07, 6.45) is 1.11. The molecule has 0 spiro atoms. The molecule has 0 aliphatic rings. The van der Waals surface area contributed by atoms with Gasteiger partial charge in [-0.1, -0.05) is 12.1 Å². The van der Waals surface area contributed by atoms with Crippen LogP contribution in [-0.4, -0.2) is 32.0 Å². The minimum atomic E-state index is -0.863. The predicted octanol–water partition coefficient (Wildman–Crippen LogP) is 1.86. The van der Waals surface area contributed by atoms with Crippen molar-refractivity contribution in [1.82, 2.24) is 9.55 Å². The van der Waals surface area contributed by atoms with Gasteiger partial charge in [-0.05, 0) is 11.0 Å². The lowest BCUT2D eigenvalue weighted by Gasteiger charge is -2.06. The molecule has 0 fully saturated rings. The summed E-state index contributed by atoms with van der Waals surface area (Å²) in [4.78, 5) is 36.2.